The van der Waals surface area contributed by atoms with Gasteiger partial charge in [-0.3, -0.25) is 4.79 Å². The number of halogens is 2. The van der Waals surface area contributed by atoms with E-state index < -0.39 is 5.54 Å². The highest BCUT2D eigenvalue weighted by molar-refractivity contribution is 7.09. The van der Waals surface area contributed by atoms with Crippen molar-refractivity contribution in [2.45, 2.75) is 32.9 Å². The predicted molar refractivity (Wildman–Crippen MR) is 76.1 cm³/mol. The Balaban J connectivity index is 0. The van der Waals surface area contributed by atoms with E-state index in [1.165, 1.54) is 0 Å². The summed E-state index contributed by atoms with van der Waals surface area (Å²) >= 11 is 1.56. The molecule has 0 saturated heterocycles. The largest absolute Gasteiger partial charge is 0.339 e. The van der Waals surface area contributed by atoms with Gasteiger partial charge in [-0.1, -0.05) is 0 Å². The van der Waals surface area contributed by atoms with Crippen LogP contribution in [0.5, 0.6) is 0 Å². The highest BCUT2D eigenvalue weighted by Gasteiger charge is 2.25. The fraction of sp³-hybridized carbons (Fsp3) is 0.600. The minimum absolute atomic E-state index is 0. The van der Waals surface area contributed by atoms with Gasteiger partial charge in [0.2, 0.25) is 5.91 Å². The van der Waals surface area contributed by atoms with Gasteiger partial charge >= 0.3 is 0 Å². The lowest BCUT2D eigenvalue weighted by Crippen LogP contribution is -2.49. The molecule has 17 heavy (non-hydrogen) atoms. The van der Waals surface area contributed by atoms with Crippen molar-refractivity contribution in [1.29, 1.82) is 0 Å². The topological polar surface area (TPSA) is 59.2 Å². The number of nitrogens with two attached hydrogens (primary N) is 1. The Labute approximate surface area is 118 Å². The molecule has 1 amide bonds. The molecule has 0 spiro atoms. The first-order valence-corrected chi connectivity index (χ1v) is 5.63. The van der Waals surface area contributed by atoms with Gasteiger partial charge in [-0.15, -0.1) is 36.2 Å². The third-order valence-corrected chi connectivity index (χ3v) is 3.04. The number of aryl methyl sites for hydroxylation is 1. The van der Waals surface area contributed by atoms with Gasteiger partial charge in [0.15, 0.2) is 0 Å². The minimum atomic E-state index is -0.812. The molecular formula is C10H19Cl2N3OS. The molecule has 0 aliphatic rings. The molecule has 0 saturated carbocycles. The lowest BCUT2D eigenvalue weighted by Gasteiger charge is -2.25. The summed E-state index contributed by atoms with van der Waals surface area (Å²) < 4.78 is 0. The van der Waals surface area contributed by atoms with Crippen LogP contribution in [-0.4, -0.2) is 28.4 Å². The van der Waals surface area contributed by atoms with E-state index in [9.17, 15) is 4.79 Å². The number of hydrogen-bond donors (Lipinski definition) is 1. The second-order valence-electron chi connectivity index (χ2n) is 4.24. The summed E-state index contributed by atoms with van der Waals surface area (Å²) in [4.78, 5) is 18.7. The van der Waals surface area contributed by atoms with Crippen LogP contribution in [0.15, 0.2) is 5.51 Å². The summed E-state index contributed by atoms with van der Waals surface area (Å²) in [5.41, 5.74) is 7.70. The number of carbonyl (C=O) groups excluding carboxylic acids is 1. The van der Waals surface area contributed by atoms with Crippen LogP contribution >= 0.6 is 36.2 Å². The number of likely N-dealkylation sites (N-methyl/N-ethyl adjacent to an activating group) is 1. The monoisotopic (exact) mass is 299 g/mol. The van der Waals surface area contributed by atoms with Gasteiger partial charge in [-0.2, -0.15) is 0 Å². The van der Waals surface area contributed by atoms with E-state index in [0.29, 0.717) is 6.54 Å². The van der Waals surface area contributed by atoms with Crippen molar-refractivity contribution >= 4 is 42.1 Å². The van der Waals surface area contributed by atoms with Crippen molar-refractivity contribution in [2.75, 3.05) is 7.05 Å². The summed E-state index contributed by atoms with van der Waals surface area (Å²) in [6, 6.07) is 0. The van der Waals surface area contributed by atoms with E-state index in [2.05, 4.69) is 4.98 Å². The number of amides is 1. The van der Waals surface area contributed by atoms with Crippen LogP contribution in [-0.2, 0) is 11.3 Å². The van der Waals surface area contributed by atoms with Crippen molar-refractivity contribution in [3.8, 4) is 0 Å². The van der Waals surface area contributed by atoms with E-state index in [1.807, 2.05) is 6.92 Å². The fourth-order valence-corrected chi connectivity index (χ4v) is 2.09. The zero-order valence-corrected chi connectivity index (χ0v) is 12.8. The van der Waals surface area contributed by atoms with Crippen LogP contribution in [0.4, 0.5) is 0 Å². The molecule has 7 heteroatoms. The molecule has 100 valence electrons. The molecule has 1 aromatic rings. The van der Waals surface area contributed by atoms with Crippen LogP contribution in [0.3, 0.4) is 0 Å². The second kappa shape index (κ2) is 7.16. The Morgan fingerprint density at radius 3 is 2.41 bits per heavy atom. The fourth-order valence-electron chi connectivity index (χ4n) is 1.26. The molecule has 0 aromatic carbocycles. The molecule has 0 bridgehead atoms. The lowest BCUT2D eigenvalue weighted by atomic mass is 10.1. The third-order valence-electron chi connectivity index (χ3n) is 2.12. The van der Waals surface area contributed by atoms with Crippen LogP contribution in [0, 0.1) is 6.92 Å². The van der Waals surface area contributed by atoms with Crippen LogP contribution in [0.25, 0.3) is 0 Å². The van der Waals surface area contributed by atoms with Gasteiger partial charge in [0.25, 0.3) is 0 Å². The minimum Gasteiger partial charge on any atom is -0.339 e. The Kier molecular flexibility index (Phi) is 8.00. The van der Waals surface area contributed by atoms with Crippen LogP contribution in [0.2, 0.25) is 0 Å². The van der Waals surface area contributed by atoms with E-state index in [-0.39, 0.29) is 30.7 Å². The molecule has 2 N–H and O–H groups in total. The zero-order chi connectivity index (χ0) is 11.6. The number of rotatable bonds is 3. The molecule has 1 aromatic heterocycles. The molecule has 0 radical (unpaired) electrons. The summed E-state index contributed by atoms with van der Waals surface area (Å²) in [7, 11) is 1.76. The number of thiazole rings is 1. The first kappa shape index (κ1) is 19.0. The molecule has 0 fully saturated rings. The summed E-state index contributed by atoms with van der Waals surface area (Å²) in [5, 5.41) is 0. The van der Waals surface area contributed by atoms with Crippen LogP contribution < -0.4 is 5.73 Å². The van der Waals surface area contributed by atoms with Gasteiger partial charge in [0.1, 0.15) is 0 Å². The maximum absolute atomic E-state index is 11.8. The molecule has 1 heterocycles. The molecular weight excluding hydrogens is 281 g/mol. The van der Waals surface area contributed by atoms with Gasteiger partial charge in [-0.25, -0.2) is 4.98 Å². The summed E-state index contributed by atoms with van der Waals surface area (Å²) in [6.07, 6.45) is 0. The Hall–Kier alpha value is -0.360. The third kappa shape index (κ3) is 5.21. The normalized spacial score (nSPS) is 10.2. The highest BCUT2D eigenvalue weighted by atomic mass is 35.5. The first-order valence-electron chi connectivity index (χ1n) is 4.76. The molecule has 0 aliphatic carbocycles. The standard InChI is InChI=1S/C10H17N3OS.2ClH/c1-7-8(15-6-12-7)5-13(4)9(14)10(2,3)11;;/h6H,5,11H2,1-4H3;2*1H. The van der Waals surface area contributed by atoms with Crippen molar-refractivity contribution in [2.24, 2.45) is 5.73 Å². The van der Waals surface area contributed by atoms with Crippen molar-refractivity contribution < 1.29 is 4.79 Å². The van der Waals surface area contributed by atoms with Crippen LogP contribution in [0.1, 0.15) is 24.4 Å². The zero-order valence-electron chi connectivity index (χ0n) is 10.4. The molecule has 1 rings (SSSR count). The van der Waals surface area contributed by atoms with E-state index >= 15 is 0 Å². The van der Waals surface area contributed by atoms with Gasteiger partial charge in [-0.05, 0) is 20.8 Å². The number of aromatic nitrogens is 1. The average Bonchev–Trinajstić information content (AvgIpc) is 2.49. The molecule has 4 nitrogen and oxygen atoms in total. The Morgan fingerprint density at radius 1 is 1.53 bits per heavy atom. The number of hydrogen-bond acceptors (Lipinski definition) is 4. The maximum Gasteiger partial charge on any atom is 0.242 e. The quantitative estimate of drug-likeness (QED) is 0.928. The average molecular weight is 300 g/mol. The van der Waals surface area contributed by atoms with Crippen molar-refractivity contribution in [3.63, 3.8) is 0 Å². The van der Waals surface area contributed by atoms with Gasteiger partial charge in [0.05, 0.1) is 23.3 Å². The smallest absolute Gasteiger partial charge is 0.242 e. The molecule has 0 atom stereocenters. The molecule has 0 aliphatic heterocycles. The van der Waals surface area contributed by atoms with Crippen molar-refractivity contribution in [1.82, 2.24) is 9.88 Å². The SMILES string of the molecule is Cc1ncsc1CN(C)C(=O)C(C)(C)N.Cl.Cl. The lowest BCUT2D eigenvalue weighted by molar-refractivity contribution is -0.134. The predicted octanol–water partition coefficient (Wildman–Crippen LogP) is 1.99. The van der Waals surface area contributed by atoms with Crippen molar-refractivity contribution in [3.05, 3.63) is 16.1 Å². The van der Waals surface area contributed by atoms with Gasteiger partial charge < -0.3 is 10.6 Å². The Morgan fingerprint density at radius 2 is 2.06 bits per heavy atom. The Bertz CT molecular complexity index is 363. The van der Waals surface area contributed by atoms with E-state index in [0.717, 1.165) is 10.6 Å². The van der Waals surface area contributed by atoms with E-state index in [4.69, 9.17) is 5.73 Å². The summed E-state index contributed by atoms with van der Waals surface area (Å²) in [6.45, 7) is 5.95. The number of nitrogens with zero attached hydrogens (tertiary/aromatic N) is 2. The second-order valence-corrected chi connectivity index (χ2v) is 5.18. The highest BCUT2D eigenvalue weighted by Crippen LogP contribution is 2.15. The summed E-state index contributed by atoms with van der Waals surface area (Å²) in [5.74, 6) is -0.0599. The number of carbonyl (C=O) groups is 1. The van der Waals surface area contributed by atoms with E-state index in [1.54, 1.807) is 42.6 Å². The molecule has 0 unspecified atom stereocenters. The van der Waals surface area contributed by atoms with Gasteiger partial charge in [0, 0.05) is 11.9 Å². The maximum atomic E-state index is 11.8. The first-order chi connectivity index (χ1) is 6.82.